The molecule has 1 aliphatic rings. The fourth-order valence-electron chi connectivity index (χ4n) is 2.46. The molecule has 1 heterocycles. The van der Waals surface area contributed by atoms with Crippen molar-refractivity contribution < 1.29 is 14.2 Å². The van der Waals surface area contributed by atoms with Crippen molar-refractivity contribution in [2.45, 2.75) is 13.1 Å². The first kappa shape index (κ1) is 15.0. The number of hydrogen-bond donors (Lipinski definition) is 1. The molecule has 0 fully saturated rings. The molecule has 3 rings (SSSR count). The van der Waals surface area contributed by atoms with Crippen molar-refractivity contribution in [2.24, 2.45) is 0 Å². The van der Waals surface area contributed by atoms with Crippen molar-refractivity contribution in [1.82, 2.24) is 5.32 Å². The largest absolute Gasteiger partial charge is 0.496 e. The van der Waals surface area contributed by atoms with E-state index < -0.39 is 0 Å². The van der Waals surface area contributed by atoms with Crippen molar-refractivity contribution in [3.8, 4) is 17.2 Å². The molecule has 4 nitrogen and oxygen atoms in total. The molecule has 0 atom stereocenters. The highest BCUT2D eigenvalue weighted by Crippen LogP contribution is 2.38. The minimum Gasteiger partial charge on any atom is -0.496 e. The fourth-order valence-corrected chi connectivity index (χ4v) is 2.74. The van der Waals surface area contributed by atoms with Crippen molar-refractivity contribution in [1.29, 1.82) is 0 Å². The summed E-state index contributed by atoms with van der Waals surface area (Å²) in [7, 11) is 1.68. The van der Waals surface area contributed by atoms with E-state index in [0.29, 0.717) is 36.3 Å². The van der Waals surface area contributed by atoms with E-state index >= 15 is 0 Å². The molecule has 0 saturated heterocycles. The predicted molar refractivity (Wildman–Crippen MR) is 86.0 cm³/mol. The summed E-state index contributed by atoms with van der Waals surface area (Å²) in [5.41, 5.74) is 2.18. The van der Waals surface area contributed by atoms with Gasteiger partial charge in [0.05, 0.1) is 12.1 Å². The van der Waals surface area contributed by atoms with Gasteiger partial charge in [0.2, 0.25) is 0 Å². The van der Waals surface area contributed by atoms with Gasteiger partial charge in [0, 0.05) is 18.7 Å². The van der Waals surface area contributed by atoms with Crippen LogP contribution in [0.15, 0.2) is 36.4 Å². The summed E-state index contributed by atoms with van der Waals surface area (Å²) in [4.78, 5) is 0. The lowest BCUT2D eigenvalue weighted by molar-refractivity contribution is 0.171. The first-order valence-corrected chi connectivity index (χ1v) is 7.56. The Bertz CT molecular complexity index is 660. The summed E-state index contributed by atoms with van der Waals surface area (Å²) in [6.45, 7) is 2.50. The van der Waals surface area contributed by atoms with Gasteiger partial charge >= 0.3 is 0 Å². The number of methoxy groups -OCH3 is 1. The normalized spacial score (nSPS) is 13.0. The van der Waals surface area contributed by atoms with Gasteiger partial charge < -0.3 is 19.5 Å². The van der Waals surface area contributed by atoms with Gasteiger partial charge in [-0.2, -0.15) is 0 Å². The number of halogens is 1. The third-order valence-electron chi connectivity index (χ3n) is 3.49. The third-order valence-corrected chi connectivity index (χ3v) is 3.77. The molecule has 2 aromatic carbocycles. The Morgan fingerprint density at radius 1 is 1.14 bits per heavy atom. The second kappa shape index (κ2) is 6.90. The second-order valence-corrected chi connectivity index (χ2v) is 5.42. The number of nitrogens with one attached hydrogen (secondary N) is 1. The zero-order chi connectivity index (χ0) is 15.4. The van der Waals surface area contributed by atoms with Gasteiger partial charge in [-0.05, 0) is 23.8 Å². The highest BCUT2D eigenvalue weighted by molar-refractivity contribution is 6.32. The molecule has 22 heavy (non-hydrogen) atoms. The van der Waals surface area contributed by atoms with Crippen LogP contribution in [0.5, 0.6) is 17.2 Å². The molecule has 0 aromatic heterocycles. The van der Waals surface area contributed by atoms with E-state index in [2.05, 4.69) is 5.32 Å². The SMILES string of the molecule is COc1ccccc1CNCc1cc(Cl)c2c(c1)OCCO2. The fraction of sp³-hybridized carbons (Fsp3) is 0.294. The maximum Gasteiger partial charge on any atom is 0.179 e. The topological polar surface area (TPSA) is 39.7 Å². The first-order valence-electron chi connectivity index (χ1n) is 7.18. The van der Waals surface area contributed by atoms with Crippen LogP contribution in [0.25, 0.3) is 0 Å². The Morgan fingerprint density at radius 3 is 2.82 bits per heavy atom. The zero-order valence-corrected chi connectivity index (χ0v) is 13.2. The lowest BCUT2D eigenvalue weighted by Crippen LogP contribution is -2.17. The summed E-state index contributed by atoms with van der Waals surface area (Å²) >= 11 is 6.24. The van der Waals surface area contributed by atoms with Crippen LogP contribution in [0, 0.1) is 0 Å². The molecule has 0 unspecified atom stereocenters. The van der Waals surface area contributed by atoms with E-state index in [1.54, 1.807) is 7.11 Å². The van der Waals surface area contributed by atoms with Gasteiger partial charge in [-0.1, -0.05) is 29.8 Å². The van der Waals surface area contributed by atoms with E-state index in [-0.39, 0.29) is 0 Å². The molecule has 0 radical (unpaired) electrons. The van der Waals surface area contributed by atoms with Crippen molar-refractivity contribution in [3.05, 3.63) is 52.5 Å². The van der Waals surface area contributed by atoms with Crippen LogP contribution in [0.2, 0.25) is 5.02 Å². The quantitative estimate of drug-likeness (QED) is 0.917. The van der Waals surface area contributed by atoms with Crippen LogP contribution in [-0.2, 0) is 13.1 Å². The molecule has 0 saturated carbocycles. The number of ether oxygens (including phenoxy) is 3. The highest BCUT2D eigenvalue weighted by atomic mass is 35.5. The van der Waals surface area contributed by atoms with Crippen LogP contribution in [0.4, 0.5) is 0 Å². The van der Waals surface area contributed by atoms with Gasteiger partial charge in [0.1, 0.15) is 19.0 Å². The summed E-state index contributed by atoms with van der Waals surface area (Å²) in [5, 5.41) is 3.98. The summed E-state index contributed by atoms with van der Waals surface area (Å²) in [6, 6.07) is 11.8. The second-order valence-electron chi connectivity index (χ2n) is 5.02. The molecule has 0 bridgehead atoms. The van der Waals surface area contributed by atoms with E-state index in [1.165, 1.54) is 0 Å². The smallest absolute Gasteiger partial charge is 0.179 e. The van der Waals surface area contributed by atoms with E-state index in [9.17, 15) is 0 Å². The Kier molecular flexibility index (Phi) is 4.71. The van der Waals surface area contributed by atoms with Gasteiger partial charge in [-0.25, -0.2) is 0 Å². The van der Waals surface area contributed by atoms with Crippen LogP contribution in [-0.4, -0.2) is 20.3 Å². The van der Waals surface area contributed by atoms with Crippen molar-refractivity contribution in [2.75, 3.05) is 20.3 Å². The molecule has 2 aromatic rings. The predicted octanol–water partition coefficient (Wildman–Crippen LogP) is 3.41. The molecule has 1 aliphatic heterocycles. The van der Waals surface area contributed by atoms with Gasteiger partial charge in [0.15, 0.2) is 11.5 Å². The number of fused-ring (bicyclic) bond motifs is 1. The number of benzene rings is 2. The van der Waals surface area contributed by atoms with Gasteiger partial charge in [-0.15, -0.1) is 0 Å². The van der Waals surface area contributed by atoms with E-state index in [0.717, 1.165) is 23.4 Å². The third kappa shape index (κ3) is 3.29. The molecule has 116 valence electrons. The van der Waals surface area contributed by atoms with Crippen LogP contribution in [0.1, 0.15) is 11.1 Å². The maximum atomic E-state index is 6.24. The molecule has 0 spiro atoms. The highest BCUT2D eigenvalue weighted by Gasteiger charge is 2.16. The Balaban J connectivity index is 1.65. The molecule has 1 N–H and O–H groups in total. The molecule has 5 heteroatoms. The summed E-state index contributed by atoms with van der Waals surface area (Å²) in [5.74, 6) is 2.24. The monoisotopic (exact) mass is 319 g/mol. The lowest BCUT2D eigenvalue weighted by atomic mass is 10.1. The maximum absolute atomic E-state index is 6.24. The number of hydrogen-bond acceptors (Lipinski definition) is 4. The average molecular weight is 320 g/mol. The van der Waals surface area contributed by atoms with Crippen LogP contribution >= 0.6 is 11.6 Å². The van der Waals surface area contributed by atoms with E-state index in [1.807, 2.05) is 36.4 Å². The average Bonchev–Trinajstić information content (AvgIpc) is 2.55. The standard InChI is InChI=1S/C17H18ClNO3/c1-20-15-5-3-2-4-13(15)11-19-10-12-8-14(18)17-16(9-12)21-6-7-22-17/h2-5,8-9,19H,6-7,10-11H2,1H3. The zero-order valence-electron chi connectivity index (χ0n) is 12.4. The lowest BCUT2D eigenvalue weighted by Gasteiger charge is -2.20. The van der Waals surface area contributed by atoms with Crippen LogP contribution < -0.4 is 19.5 Å². The molecule has 0 aliphatic carbocycles. The summed E-state index contributed by atoms with van der Waals surface area (Å²) < 4.78 is 16.5. The van der Waals surface area contributed by atoms with Gasteiger partial charge in [-0.3, -0.25) is 0 Å². The van der Waals surface area contributed by atoms with Crippen molar-refractivity contribution >= 4 is 11.6 Å². The molecule has 0 amide bonds. The van der Waals surface area contributed by atoms with Crippen molar-refractivity contribution in [3.63, 3.8) is 0 Å². The van der Waals surface area contributed by atoms with Crippen LogP contribution in [0.3, 0.4) is 0 Å². The van der Waals surface area contributed by atoms with E-state index in [4.69, 9.17) is 25.8 Å². The minimum absolute atomic E-state index is 0.540. The Morgan fingerprint density at radius 2 is 1.95 bits per heavy atom. The number of rotatable bonds is 5. The molecular formula is C17H18ClNO3. The Labute approximate surface area is 135 Å². The van der Waals surface area contributed by atoms with Gasteiger partial charge in [0.25, 0.3) is 0 Å². The summed E-state index contributed by atoms with van der Waals surface area (Å²) in [6.07, 6.45) is 0. The first-order chi connectivity index (χ1) is 10.8. The molecular weight excluding hydrogens is 302 g/mol. The Hall–Kier alpha value is -1.91. The minimum atomic E-state index is 0.540. The number of para-hydroxylation sites is 1.